The van der Waals surface area contributed by atoms with E-state index in [1.807, 2.05) is 54.6 Å². The van der Waals surface area contributed by atoms with E-state index in [0.717, 1.165) is 57.8 Å². The number of hydrogen-bond donors (Lipinski definition) is 4. The third-order valence-corrected chi connectivity index (χ3v) is 8.86. The first kappa shape index (κ1) is 33.3. The van der Waals surface area contributed by atoms with Gasteiger partial charge in [0.25, 0.3) is 0 Å². The maximum absolute atomic E-state index is 12.5. The van der Waals surface area contributed by atoms with Crippen molar-refractivity contribution < 1.29 is 24.2 Å². The summed E-state index contributed by atoms with van der Waals surface area (Å²) in [4.78, 5) is 27.7. The number of ether oxygens (including phenoxy) is 2. The quantitative estimate of drug-likeness (QED) is 0.0969. The van der Waals surface area contributed by atoms with E-state index in [0.29, 0.717) is 31.7 Å². The maximum atomic E-state index is 12.5. The summed E-state index contributed by atoms with van der Waals surface area (Å²) in [6.07, 6.45) is 4.37. The molecule has 1 saturated heterocycles. The molecule has 0 radical (unpaired) electrons. The highest BCUT2D eigenvalue weighted by atomic mass is 32.2. The Labute approximate surface area is 273 Å². The molecule has 0 unspecified atom stereocenters. The van der Waals surface area contributed by atoms with Gasteiger partial charge in [-0.3, -0.25) is 14.7 Å². The van der Waals surface area contributed by atoms with E-state index in [4.69, 9.17) is 9.47 Å². The van der Waals surface area contributed by atoms with Gasteiger partial charge in [0.05, 0.1) is 18.8 Å². The molecule has 5 rings (SSSR count). The monoisotopic (exact) mass is 643 g/mol. The molecule has 46 heavy (non-hydrogen) atoms. The number of aromatic nitrogens is 3. The Hall–Kier alpha value is -4.03. The first-order chi connectivity index (χ1) is 22.5. The minimum Gasteiger partial charge on any atom is -0.392 e. The maximum Gasteiger partial charge on any atom is 0.220 e. The largest absolute Gasteiger partial charge is 0.392 e. The van der Waals surface area contributed by atoms with Gasteiger partial charge in [0, 0.05) is 44.2 Å². The molecule has 0 aliphatic carbocycles. The number of amides is 2. The van der Waals surface area contributed by atoms with Crippen molar-refractivity contribution in [1.82, 2.24) is 25.8 Å². The fourth-order valence-corrected chi connectivity index (χ4v) is 6.17. The molecular weight excluding hydrogens is 602 g/mol. The van der Waals surface area contributed by atoms with Crippen LogP contribution in [0.25, 0.3) is 11.1 Å². The molecule has 0 spiro atoms. The third-order valence-electron chi connectivity index (χ3n) is 7.86. The van der Waals surface area contributed by atoms with Gasteiger partial charge in [-0.25, -0.2) is 4.98 Å². The van der Waals surface area contributed by atoms with Gasteiger partial charge in [0.2, 0.25) is 11.8 Å². The van der Waals surface area contributed by atoms with Crippen LogP contribution in [-0.4, -0.2) is 50.5 Å². The molecule has 2 heterocycles. The van der Waals surface area contributed by atoms with Crippen molar-refractivity contribution in [2.45, 2.75) is 75.8 Å². The number of aromatic amines is 1. The highest BCUT2D eigenvalue weighted by Gasteiger charge is 2.32. The van der Waals surface area contributed by atoms with Crippen LogP contribution in [0.15, 0.2) is 84.3 Å². The van der Waals surface area contributed by atoms with Gasteiger partial charge < -0.3 is 25.2 Å². The summed E-state index contributed by atoms with van der Waals surface area (Å²) in [6.45, 7) is 2.59. The second kappa shape index (κ2) is 17.0. The van der Waals surface area contributed by atoms with Gasteiger partial charge >= 0.3 is 0 Å². The Bertz CT molecular complexity index is 1530. The predicted molar refractivity (Wildman–Crippen MR) is 176 cm³/mol. The molecule has 2 amide bonds. The lowest BCUT2D eigenvalue weighted by Crippen LogP contribution is -2.31. The van der Waals surface area contributed by atoms with E-state index in [1.165, 1.54) is 13.3 Å². The lowest BCUT2D eigenvalue weighted by molar-refractivity contribution is -0.245. The summed E-state index contributed by atoms with van der Waals surface area (Å²) in [5.41, 5.74) is 5.94. The molecule has 4 aromatic rings. The summed E-state index contributed by atoms with van der Waals surface area (Å²) >= 11 is 1.56. The second-order valence-corrected chi connectivity index (χ2v) is 12.3. The number of nitrogens with one attached hydrogen (secondary N) is 3. The third kappa shape index (κ3) is 9.73. The minimum atomic E-state index is -0.557. The molecule has 242 valence electrons. The van der Waals surface area contributed by atoms with Crippen LogP contribution in [0.2, 0.25) is 0 Å². The Kier molecular flexibility index (Phi) is 12.4. The number of hydrogen-bond acceptors (Lipinski definition) is 8. The smallest absolute Gasteiger partial charge is 0.220 e. The second-order valence-electron chi connectivity index (χ2n) is 11.3. The van der Waals surface area contributed by atoms with Crippen LogP contribution >= 0.6 is 11.8 Å². The molecule has 11 heteroatoms. The molecule has 1 fully saturated rings. The fraction of sp³-hybridized carbons (Fsp3) is 0.371. The van der Waals surface area contributed by atoms with Gasteiger partial charge in [-0.2, -0.15) is 5.10 Å². The SMILES string of the molecule is CC(=O)NCCCCCC(=O)NCc1ccccc1-c1ccc([C@H]2O[C@@H](CSc3ncn[nH]3)C[C@@H](c3ccc(CO)cc3)O2)cc1. The standard InChI is InChI=1S/C35H41N5O5S/c1-24(42)36-18-6-2-3-9-33(43)37-20-29-7-4-5-8-31(29)26-14-16-28(17-15-26)34-44-30(22-46-35-38-23-39-40-35)19-32(45-34)27-12-10-25(21-41)11-13-27/h4-5,7-8,10-17,23,30,32,34,41H,2-3,6,9,18-22H2,1H3,(H,36,42)(H,37,43)(H,38,39,40)/t30-,32+,34+/m1/s1. The van der Waals surface area contributed by atoms with Gasteiger partial charge in [0.15, 0.2) is 11.4 Å². The van der Waals surface area contributed by atoms with Gasteiger partial charge in [-0.05, 0) is 40.7 Å². The average molecular weight is 644 g/mol. The Morgan fingerprint density at radius 3 is 2.48 bits per heavy atom. The van der Waals surface area contributed by atoms with Crippen molar-refractivity contribution in [3.63, 3.8) is 0 Å². The van der Waals surface area contributed by atoms with Crippen LogP contribution in [-0.2, 0) is 32.2 Å². The first-order valence-corrected chi connectivity index (χ1v) is 16.6. The van der Waals surface area contributed by atoms with Gasteiger partial charge in [-0.15, -0.1) is 0 Å². The van der Waals surface area contributed by atoms with Crippen molar-refractivity contribution >= 4 is 23.6 Å². The number of H-pyrrole nitrogens is 1. The van der Waals surface area contributed by atoms with Crippen molar-refractivity contribution in [1.29, 1.82) is 0 Å². The van der Waals surface area contributed by atoms with Crippen LogP contribution in [0, 0.1) is 0 Å². The minimum absolute atomic E-state index is 0.00202. The summed E-state index contributed by atoms with van der Waals surface area (Å²) in [5, 5.41) is 22.9. The number of unbranched alkanes of at least 4 members (excludes halogenated alkanes) is 2. The summed E-state index contributed by atoms with van der Waals surface area (Å²) in [5.74, 6) is 0.682. The van der Waals surface area contributed by atoms with Gasteiger partial charge in [-0.1, -0.05) is 91.0 Å². The van der Waals surface area contributed by atoms with Crippen molar-refractivity contribution in [2.24, 2.45) is 0 Å². The number of thioether (sulfide) groups is 1. The molecule has 3 aromatic carbocycles. The van der Waals surface area contributed by atoms with Crippen molar-refractivity contribution in [2.75, 3.05) is 12.3 Å². The average Bonchev–Trinajstić information content (AvgIpc) is 3.62. The van der Waals surface area contributed by atoms with Crippen molar-refractivity contribution in [3.05, 3.63) is 101 Å². The first-order valence-electron chi connectivity index (χ1n) is 15.7. The van der Waals surface area contributed by atoms with Crippen LogP contribution in [0.4, 0.5) is 0 Å². The molecule has 1 aromatic heterocycles. The van der Waals surface area contributed by atoms with Crippen LogP contribution < -0.4 is 10.6 Å². The van der Waals surface area contributed by atoms with Crippen LogP contribution in [0.3, 0.4) is 0 Å². The molecule has 0 bridgehead atoms. The number of aliphatic hydroxyl groups is 1. The molecular formula is C35H41N5O5S. The normalized spacial score (nSPS) is 17.8. The number of nitrogens with zero attached hydrogens (tertiary/aromatic N) is 2. The molecule has 4 N–H and O–H groups in total. The number of rotatable bonds is 15. The van der Waals surface area contributed by atoms with E-state index in [2.05, 4.69) is 44.0 Å². The zero-order valence-electron chi connectivity index (χ0n) is 26.0. The van der Waals surface area contributed by atoms with Crippen molar-refractivity contribution in [3.8, 4) is 11.1 Å². The topological polar surface area (TPSA) is 138 Å². The molecule has 1 aliphatic heterocycles. The Balaban J connectivity index is 1.22. The number of carbonyl (C=O) groups excluding carboxylic acids is 2. The number of benzene rings is 3. The van der Waals surface area contributed by atoms with E-state index in [-0.39, 0.29) is 30.6 Å². The molecule has 1 aliphatic rings. The summed E-state index contributed by atoms with van der Waals surface area (Å²) < 4.78 is 13.0. The fourth-order valence-electron chi connectivity index (χ4n) is 5.37. The highest BCUT2D eigenvalue weighted by molar-refractivity contribution is 7.99. The Morgan fingerprint density at radius 2 is 1.74 bits per heavy atom. The summed E-state index contributed by atoms with van der Waals surface area (Å²) in [6, 6.07) is 24.1. The van der Waals surface area contributed by atoms with Crippen LogP contribution in [0.5, 0.6) is 0 Å². The lowest BCUT2D eigenvalue weighted by Gasteiger charge is -2.36. The molecule has 3 atom stereocenters. The lowest BCUT2D eigenvalue weighted by atomic mass is 9.97. The van der Waals surface area contributed by atoms with E-state index in [1.54, 1.807) is 11.8 Å². The van der Waals surface area contributed by atoms with E-state index >= 15 is 0 Å². The zero-order chi connectivity index (χ0) is 32.1. The molecule has 0 saturated carbocycles. The predicted octanol–water partition coefficient (Wildman–Crippen LogP) is 5.61. The molecule has 10 nitrogen and oxygen atoms in total. The van der Waals surface area contributed by atoms with Gasteiger partial charge in [0.1, 0.15) is 6.33 Å². The van der Waals surface area contributed by atoms with Crippen LogP contribution in [0.1, 0.15) is 73.7 Å². The number of carbonyl (C=O) groups is 2. The van der Waals surface area contributed by atoms with E-state index in [9.17, 15) is 14.7 Å². The summed E-state index contributed by atoms with van der Waals surface area (Å²) in [7, 11) is 0. The zero-order valence-corrected chi connectivity index (χ0v) is 26.8. The highest BCUT2D eigenvalue weighted by Crippen LogP contribution is 2.39. The Morgan fingerprint density at radius 1 is 0.957 bits per heavy atom. The number of aliphatic hydroxyl groups excluding tert-OH is 1. The van der Waals surface area contributed by atoms with E-state index < -0.39 is 6.29 Å².